The Balaban J connectivity index is 0.00000261. The molecule has 1 unspecified atom stereocenters. The summed E-state index contributed by atoms with van der Waals surface area (Å²) in [7, 11) is 0. The van der Waals surface area contributed by atoms with Crippen molar-refractivity contribution < 1.29 is 19.4 Å². The maximum Gasteiger partial charge on any atom is 0.410 e. The fourth-order valence-corrected chi connectivity index (χ4v) is 3.39. The van der Waals surface area contributed by atoms with Gasteiger partial charge in [0.2, 0.25) is 0 Å². The summed E-state index contributed by atoms with van der Waals surface area (Å²) in [5.74, 6) is -1.15. The van der Waals surface area contributed by atoms with E-state index in [1.54, 1.807) is 0 Å². The maximum atomic E-state index is 12.4. The zero-order valence-corrected chi connectivity index (χ0v) is 15.8. The number of hydrogen-bond donors (Lipinski definition) is 2. The molecule has 3 rings (SSSR count). The highest BCUT2D eigenvalue weighted by Crippen LogP contribution is 2.44. The molecule has 1 aliphatic rings. The summed E-state index contributed by atoms with van der Waals surface area (Å²) in [5.41, 5.74) is 10.0. The summed E-state index contributed by atoms with van der Waals surface area (Å²) >= 11 is 0. The number of nitrogens with two attached hydrogens (primary N) is 1. The van der Waals surface area contributed by atoms with Crippen LogP contribution in [0.15, 0.2) is 48.5 Å². The first-order valence-corrected chi connectivity index (χ1v) is 8.59. The second-order valence-electron chi connectivity index (χ2n) is 6.30. The third kappa shape index (κ3) is 4.07. The number of fused-ring (bicyclic) bond motifs is 3. The van der Waals surface area contributed by atoms with E-state index in [1.807, 2.05) is 36.4 Å². The normalized spacial score (nSPS) is 13.1. The van der Waals surface area contributed by atoms with Crippen molar-refractivity contribution in [3.63, 3.8) is 0 Å². The molecule has 144 valence electrons. The molecule has 27 heavy (non-hydrogen) atoms. The Hall–Kier alpha value is -2.57. The molecule has 0 fully saturated rings. The summed E-state index contributed by atoms with van der Waals surface area (Å²) in [6.07, 6.45) is -0.660. The summed E-state index contributed by atoms with van der Waals surface area (Å²) in [6.45, 7) is 1.89. The molecule has 6 nitrogen and oxygen atoms in total. The van der Waals surface area contributed by atoms with E-state index in [2.05, 4.69) is 12.1 Å². The van der Waals surface area contributed by atoms with Gasteiger partial charge in [0.25, 0.3) is 0 Å². The van der Waals surface area contributed by atoms with Crippen molar-refractivity contribution in [1.29, 1.82) is 0 Å². The molecule has 7 heteroatoms. The predicted octanol–water partition coefficient (Wildman–Crippen LogP) is 3.09. The van der Waals surface area contributed by atoms with Crippen molar-refractivity contribution in [1.82, 2.24) is 4.90 Å². The standard InChI is InChI=1S/C20H22N2O4.ClH/c1-13(19(23)24)22(11-10-21)20(25)26-12-18-16-8-4-2-6-14(16)15-7-3-5-9-17(15)18;/h2-9,13,18H,10-12,21H2,1H3,(H,23,24);1H. The molecule has 1 atom stereocenters. The van der Waals surface area contributed by atoms with Gasteiger partial charge in [0.1, 0.15) is 12.6 Å². The molecule has 0 heterocycles. The number of carbonyl (C=O) groups is 2. The molecule has 0 spiro atoms. The van der Waals surface area contributed by atoms with Crippen LogP contribution >= 0.6 is 12.4 Å². The van der Waals surface area contributed by atoms with Gasteiger partial charge in [0.15, 0.2) is 0 Å². The molecule has 0 aromatic heterocycles. The lowest BCUT2D eigenvalue weighted by Gasteiger charge is -2.26. The fourth-order valence-electron chi connectivity index (χ4n) is 3.39. The number of amides is 1. The van der Waals surface area contributed by atoms with Gasteiger partial charge in [-0.05, 0) is 29.2 Å². The van der Waals surface area contributed by atoms with Crippen LogP contribution in [0, 0.1) is 0 Å². The van der Waals surface area contributed by atoms with Crippen molar-refractivity contribution >= 4 is 24.5 Å². The summed E-state index contributed by atoms with van der Waals surface area (Å²) < 4.78 is 5.49. The van der Waals surface area contributed by atoms with E-state index in [4.69, 9.17) is 10.5 Å². The second-order valence-corrected chi connectivity index (χ2v) is 6.30. The Bertz CT molecular complexity index is 782. The second kappa shape index (κ2) is 8.88. The zero-order chi connectivity index (χ0) is 18.7. The monoisotopic (exact) mass is 390 g/mol. The number of carbonyl (C=O) groups excluding carboxylic acids is 1. The van der Waals surface area contributed by atoms with Crippen LogP contribution in [0.5, 0.6) is 0 Å². The Kier molecular flexibility index (Phi) is 6.82. The van der Waals surface area contributed by atoms with E-state index >= 15 is 0 Å². The van der Waals surface area contributed by atoms with Crippen molar-refractivity contribution in [2.75, 3.05) is 19.7 Å². The van der Waals surface area contributed by atoms with Gasteiger partial charge in [-0.25, -0.2) is 9.59 Å². The van der Waals surface area contributed by atoms with Crippen LogP contribution in [-0.4, -0.2) is 47.8 Å². The lowest BCUT2D eigenvalue weighted by molar-refractivity contribution is -0.142. The fraction of sp³-hybridized carbons (Fsp3) is 0.300. The Morgan fingerprint density at radius 2 is 1.63 bits per heavy atom. The molecular formula is C20H23ClN2O4. The van der Waals surface area contributed by atoms with E-state index in [1.165, 1.54) is 6.92 Å². The van der Waals surface area contributed by atoms with Crippen molar-refractivity contribution in [2.24, 2.45) is 5.73 Å². The smallest absolute Gasteiger partial charge is 0.410 e. The molecule has 1 amide bonds. The molecule has 3 N–H and O–H groups in total. The lowest BCUT2D eigenvalue weighted by Crippen LogP contribution is -2.46. The average Bonchev–Trinajstić information content (AvgIpc) is 2.97. The van der Waals surface area contributed by atoms with Gasteiger partial charge < -0.3 is 15.6 Å². The molecule has 0 bridgehead atoms. The molecule has 2 aromatic rings. The minimum absolute atomic E-state index is 0. The molecule has 1 aliphatic carbocycles. The zero-order valence-electron chi connectivity index (χ0n) is 15.0. The topological polar surface area (TPSA) is 92.9 Å². The maximum absolute atomic E-state index is 12.4. The average molecular weight is 391 g/mol. The van der Waals surface area contributed by atoms with E-state index in [0.717, 1.165) is 27.2 Å². The van der Waals surface area contributed by atoms with Gasteiger partial charge in [0, 0.05) is 19.0 Å². The van der Waals surface area contributed by atoms with Crippen LogP contribution in [0.4, 0.5) is 4.79 Å². The van der Waals surface area contributed by atoms with Crippen LogP contribution in [0.1, 0.15) is 24.0 Å². The Morgan fingerprint density at radius 1 is 1.11 bits per heavy atom. The predicted molar refractivity (Wildman–Crippen MR) is 105 cm³/mol. The van der Waals surface area contributed by atoms with Gasteiger partial charge in [-0.2, -0.15) is 0 Å². The number of carboxylic acids is 1. The van der Waals surface area contributed by atoms with Crippen LogP contribution in [0.2, 0.25) is 0 Å². The van der Waals surface area contributed by atoms with Gasteiger partial charge in [-0.1, -0.05) is 48.5 Å². The van der Waals surface area contributed by atoms with Gasteiger partial charge >= 0.3 is 12.1 Å². The van der Waals surface area contributed by atoms with Crippen molar-refractivity contribution in [3.05, 3.63) is 59.7 Å². The third-order valence-corrected chi connectivity index (χ3v) is 4.77. The van der Waals surface area contributed by atoms with E-state index in [9.17, 15) is 14.7 Å². The molecule has 0 aliphatic heterocycles. The van der Waals surface area contributed by atoms with Crippen LogP contribution in [-0.2, 0) is 9.53 Å². The number of benzene rings is 2. The van der Waals surface area contributed by atoms with Crippen LogP contribution in [0.25, 0.3) is 11.1 Å². The summed E-state index contributed by atoms with van der Waals surface area (Å²) in [6, 6.07) is 15.1. The number of carboxylic acid groups (broad SMARTS) is 1. The first-order valence-electron chi connectivity index (χ1n) is 8.59. The molecule has 0 radical (unpaired) electrons. The SMILES string of the molecule is CC(C(=O)O)N(CCN)C(=O)OCC1c2ccccc2-c2ccccc21.Cl. The minimum Gasteiger partial charge on any atom is -0.480 e. The van der Waals surface area contributed by atoms with Crippen molar-refractivity contribution in [3.8, 4) is 11.1 Å². The van der Waals surface area contributed by atoms with E-state index in [-0.39, 0.29) is 38.0 Å². The van der Waals surface area contributed by atoms with Gasteiger partial charge in [-0.3, -0.25) is 4.90 Å². The highest BCUT2D eigenvalue weighted by atomic mass is 35.5. The largest absolute Gasteiger partial charge is 0.480 e. The van der Waals surface area contributed by atoms with Gasteiger partial charge in [0.05, 0.1) is 0 Å². The van der Waals surface area contributed by atoms with Crippen LogP contribution in [0.3, 0.4) is 0 Å². The Morgan fingerprint density at radius 3 is 2.11 bits per heavy atom. The number of nitrogens with zero attached hydrogens (tertiary/aromatic N) is 1. The number of hydrogen-bond acceptors (Lipinski definition) is 4. The molecule has 0 saturated heterocycles. The summed E-state index contributed by atoms with van der Waals surface area (Å²) in [5, 5.41) is 9.18. The van der Waals surface area contributed by atoms with E-state index < -0.39 is 18.1 Å². The highest BCUT2D eigenvalue weighted by Gasteiger charge is 2.31. The van der Waals surface area contributed by atoms with Crippen molar-refractivity contribution in [2.45, 2.75) is 18.9 Å². The first-order chi connectivity index (χ1) is 12.5. The minimum atomic E-state index is -1.09. The Labute approximate surface area is 164 Å². The van der Waals surface area contributed by atoms with E-state index in [0.29, 0.717) is 0 Å². The number of ether oxygens (including phenoxy) is 1. The highest BCUT2D eigenvalue weighted by molar-refractivity contribution is 5.85. The third-order valence-electron chi connectivity index (χ3n) is 4.77. The molecule has 0 saturated carbocycles. The molecule has 2 aromatic carbocycles. The summed E-state index contributed by atoms with van der Waals surface area (Å²) in [4.78, 5) is 24.8. The number of rotatable bonds is 6. The molecular weight excluding hydrogens is 368 g/mol. The van der Waals surface area contributed by atoms with Crippen LogP contribution < -0.4 is 5.73 Å². The first kappa shape index (κ1) is 20.7. The van der Waals surface area contributed by atoms with Gasteiger partial charge in [-0.15, -0.1) is 12.4 Å². The lowest BCUT2D eigenvalue weighted by atomic mass is 9.98. The quantitative estimate of drug-likeness (QED) is 0.790. The number of aliphatic carboxylic acids is 1. The number of halogens is 1.